The van der Waals surface area contributed by atoms with Crippen LogP contribution in [0.5, 0.6) is 0 Å². The van der Waals surface area contributed by atoms with Gasteiger partial charge in [0.1, 0.15) is 5.02 Å². The molecule has 1 aromatic carbocycles. The fourth-order valence-electron chi connectivity index (χ4n) is 3.21. The van der Waals surface area contributed by atoms with E-state index in [1.807, 2.05) is 30.3 Å². The standard InChI is InChI=1S/C18H16ClN3OS/c19-17-15(21-10-4-8-14(21)16-9-5-11-24-16)12-20-22(18(17)23)13-6-2-1-3-7-13/h1-3,5-7,9,11-12,14H,4,8,10H2/t14-/m1/s1. The van der Waals surface area contributed by atoms with Gasteiger partial charge in [-0.25, -0.2) is 0 Å². The Bertz CT molecular complexity index is 892. The molecule has 0 N–H and O–H groups in total. The topological polar surface area (TPSA) is 38.1 Å². The molecule has 1 saturated heterocycles. The fraction of sp³-hybridized carbons (Fsp3) is 0.222. The van der Waals surface area contributed by atoms with Crippen molar-refractivity contribution in [2.75, 3.05) is 11.4 Å². The van der Waals surface area contributed by atoms with Crippen LogP contribution >= 0.6 is 22.9 Å². The Labute approximate surface area is 148 Å². The van der Waals surface area contributed by atoms with E-state index in [9.17, 15) is 4.79 Å². The summed E-state index contributed by atoms with van der Waals surface area (Å²) in [6.07, 6.45) is 3.86. The minimum atomic E-state index is -0.280. The van der Waals surface area contributed by atoms with Crippen molar-refractivity contribution in [2.24, 2.45) is 0 Å². The van der Waals surface area contributed by atoms with Crippen molar-refractivity contribution in [1.29, 1.82) is 0 Å². The third-order valence-corrected chi connectivity index (χ3v) is 5.66. The zero-order valence-corrected chi connectivity index (χ0v) is 14.5. The first-order chi connectivity index (χ1) is 11.8. The molecule has 1 aliphatic heterocycles. The van der Waals surface area contributed by atoms with Gasteiger partial charge in [0.25, 0.3) is 5.56 Å². The molecule has 24 heavy (non-hydrogen) atoms. The lowest BCUT2D eigenvalue weighted by Crippen LogP contribution is -2.28. The highest BCUT2D eigenvalue weighted by molar-refractivity contribution is 7.10. The van der Waals surface area contributed by atoms with E-state index >= 15 is 0 Å². The van der Waals surface area contributed by atoms with Crippen LogP contribution < -0.4 is 10.5 Å². The summed E-state index contributed by atoms with van der Waals surface area (Å²) in [5.41, 5.74) is 1.16. The highest BCUT2D eigenvalue weighted by Crippen LogP contribution is 2.39. The van der Waals surface area contributed by atoms with Crippen molar-refractivity contribution >= 4 is 28.6 Å². The molecular weight excluding hydrogens is 342 g/mol. The van der Waals surface area contributed by atoms with Crippen molar-refractivity contribution < 1.29 is 0 Å². The maximum atomic E-state index is 12.7. The molecule has 0 aliphatic carbocycles. The van der Waals surface area contributed by atoms with Crippen LogP contribution in [0.3, 0.4) is 0 Å². The molecule has 3 heterocycles. The molecule has 0 saturated carbocycles. The summed E-state index contributed by atoms with van der Waals surface area (Å²) in [6, 6.07) is 13.8. The number of thiophene rings is 1. The number of aromatic nitrogens is 2. The van der Waals surface area contributed by atoms with Crippen molar-refractivity contribution in [3.63, 3.8) is 0 Å². The molecule has 0 bridgehead atoms. The van der Waals surface area contributed by atoms with Crippen molar-refractivity contribution in [3.8, 4) is 5.69 Å². The molecule has 2 aromatic heterocycles. The van der Waals surface area contributed by atoms with E-state index in [1.54, 1.807) is 17.5 Å². The van der Waals surface area contributed by atoms with Crippen LogP contribution in [-0.4, -0.2) is 16.3 Å². The molecule has 6 heteroatoms. The number of hydrogen-bond acceptors (Lipinski definition) is 4. The minimum absolute atomic E-state index is 0.234. The van der Waals surface area contributed by atoms with Crippen molar-refractivity contribution in [3.05, 3.63) is 74.3 Å². The summed E-state index contributed by atoms with van der Waals surface area (Å²) in [6.45, 7) is 0.888. The number of benzene rings is 1. The predicted molar refractivity (Wildman–Crippen MR) is 98.5 cm³/mol. The van der Waals surface area contributed by atoms with Crippen molar-refractivity contribution in [2.45, 2.75) is 18.9 Å². The summed E-state index contributed by atoms with van der Waals surface area (Å²) < 4.78 is 1.35. The zero-order valence-electron chi connectivity index (χ0n) is 12.9. The van der Waals surface area contributed by atoms with Gasteiger partial charge in [-0.2, -0.15) is 9.78 Å². The number of rotatable bonds is 3. The predicted octanol–water partition coefficient (Wildman–Crippen LogP) is 4.29. The van der Waals surface area contributed by atoms with Crippen LogP contribution in [0.1, 0.15) is 23.8 Å². The smallest absolute Gasteiger partial charge is 0.292 e. The summed E-state index contributed by atoms with van der Waals surface area (Å²) in [5.74, 6) is 0. The molecule has 0 amide bonds. The number of nitrogens with zero attached hydrogens (tertiary/aromatic N) is 3. The molecule has 0 radical (unpaired) electrons. The Hall–Kier alpha value is -2.11. The minimum Gasteiger partial charge on any atom is -0.361 e. The monoisotopic (exact) mass is 357 g/mol. The normalized spacial score (nSPS) is 17.4. The molecule has 1 fully saturated rings. The summed E-state index contributed by atoms with van der Waals surface area (Å²) >= 11 is 8.18. The molecule has 0 spiro atoms. The van der Waals surface area contributed by atoms with Gasteiger partial charge < -0.3 is 4.90 Å². The number of para-hydroxylation sites is 1. The average Bonchev–Trinajstić information content (AvgIpc) is 3.29. The van der Waals surface area contributed by atoms with Crippen LogP contribution in [-0.2, 0) is 0 Å². The second-order valence-electron chi connectivity index (χ2n) is 5.76. The Balaban J connectivity index is 1.75. The van der Waals surface area contributed by atoms with E-state index in [0.29, 0.717) is 5.69 Å². The Morgan fingerprint density at radius 3 is 2.75 bits per heavy atom. The van der Waals surface area contributed by atoms with Gasteiger partial charge in [0.15, 0.2) is 0 Å². The summed E-state index contributed by atoms with van der Waals surface area (Å²) in [5, 5.41) is 6.67. The molecule has 122 valence electrons. The third-order valence-electron chi connectivity index (χ3n) is 4.34. The van der Waals surface area contributed by atoms with E-state index in [2.05, 4.69) is 27.5 Å². The fourth-order valence-corrected chi connectivity index (χ4v) is 4.32. The first-order valence-corrected chi connectivity index (χ1v) is 9.15. The highest BCUT2D eigenvalue weighted by atomic mass is 35.5. The molecule has 4 nitrogen and oxygen atoms in total. The van der Waals surface area contributed by atoms with E-state index in [-0.39, 0.29) is 16.6 Å². The van der Waals surface area contributed by atoms with Crippen LogP contribution in [0.25, 0.3) is 5.69 Å². The van der Waals surface area contributed by atoms with Crippen molar-refractivity contribution in [1.82, 2.24) is 9.78 Å². The third kappa shape index (κ3) is 2.64. The molecule has 0 unspecified atom stereocenters. The molecular formula is C18H16ClN3OS. The number of hydrogen-bond donors (Lipinski definition) is 0. The SMILES string of the molecule is O=c1c(Cl)c(N2CCC[C@@H]2c2cccs2)cnn1-c1ccccc1. The summed E-state index contributed by atoms with van der Waals surface area (Å²) in [7, 11) is 0. The van der Waals surface area contributed by atoms with Gasteiger partial charge in [-0.3, -0.25) is 4.79 Å². The molecule has 1 aliphatic rings. The lowest BCUT2D eigenvalue weighted by Gasteiger charge is -2.26. The molecule has 1 atom stereocenters. The lowest BCUT2D eigenvalue weighted by molar-refractivity contribution is 0.722. The molecule has 4 rings (SSSR count). The Morgan fingerprint density at radius 2 is 2.00 bits per heavy atom. The second kappa shape index (κ2) is 6.42. The van der Waals surface area contributed by atoms with Gasteiger partial charge in [-0.05, 0) is 36.4 Å². The van der Waals surface area contributed by atoms with Gasteiger partial charge in [0.2, 0.25) is 0 Å². The maximum absolute atomic E-state index is 12.7. The van der Waals surface area contributed by atoms with Crippen LogP contribution in [0.4, 0.5) is 5.69 Å². The van der Waals surface area contributed by atoms with Gasteiger partial charge >= 0.3 is 0 Å². The second-order valence-corrected chi connectivity index (χ2v) is 7.12. The average molecular weight is 358 g/mol. The Morgan fingerprint density at radius 1 is 1.17 bits per heavy atom. The van der Waals surface area contributed by atoms with Crippen LogP contribution in [0.2, 0.25) is 5.02 Å². The zero-order chi connectivity index (χ0) is 16.5. The van der Waals surface area contributed by atoms with E-state index in [4.69, 9.17) is 11.6 Å². The summed E-state index contributed by atoms with van der Waals surface area (Å²) in [4.78, 5) is 16.2. The number of anilines is 1. The first-order valence-electron chi connectivity index (χ1n) is 7.89. The van der Waals surface area contributed by atoms with Gasteiger partial charge in [-0.1, -0.05) is 35.9 Å². The number of halogens is 1. The quantitative estimate of drug-likeness (QED) is 0.701. The van der Waals surface area contributed by atoms with E-state index in [1.165, 1.54) is 9.56 Å². The van der Waals surface area contributed by atoms with E-state index < -0.39 is 0 Å². The van der Waals surface area contributed by atoms with Crippen LogP contribution in [0, 0.1) is 0 Å². The molecule has 3 aromatic rings. The van der Waals surface area contributed by atoms with E-state index in [0.717, 1.165) is 25.1 Å². The van der Waals surface area contributed by atoms with Gasteiger partial charge in [0, 0.05) is 11.4 Å². The lowest BCUT2D eigenvalue weighted by atomic mass is 10.2. The van der Waals surface area contributed by atoms with Crippen LogP contribution in [0.15, 0.2) is 58.8 Å². The maximum Gasteiger partial charge on any atom is 0.292 e. The Kier molecular flexibility index (Phi) is 4.12. The highest BCUT2D eigenvalue weighted by Gasteiger charge is 2.29. The van der Waals surface area contributed by atoms with Gasteiger partial charge in [0.05, 0.1) is 23.6 Å². The van der Waals surface area contributed by atoms with Gasteiger partial charge in [-0.15, -0.1) is 11.3 Å². The first kappa shape index (κ1) is 15.4. The largest absolute Gasteiger partial charge is 0.361 e.